The molecule has 2 saturated carbocycles. The van der Waals surface area contributed by atoms with E-state index in [0.717, 1.165) is 25.8 Å². The highest BCUT2D eigenvalue weighted by molar-refractivity contribution is 5.70. The molecule has 2 rings (SSSR count). The molecular formula is C16H29NO2. The van der Waals surface area contributed by atoms with Crippen LogP contribution >= 0.6 is 0 Å². The highest BCUT2D eigenvalue weighted by Crippen LogP contribution is 2.35. The summed E-state index contributed by atoms with van der Waals surface area (Å²) in [4.78, 5) is 11.3. The van der Waals surface area contributed by atoms with Crippen molar-refractivity contribution in [2.75, 3.05) is 6.54 Å². The number of nitrogens with one attached hydrogen (secondary N) is 1. The Morgan fingerprint density at radius 1 is 1.16 bits per heavy atom. The van der Waals surface area contributed by atoms with Crippen LogP contribution in [-0.4, -0.2) is 23.7 Å². The molecule has 2 fully saturated rings. The van der Waals surface area contributed by atoms with Crippen LogP contribution in [0.4, 0.5) is 0 Å². The molecule has 3 heteroatoms. The van der Waals surface area contributed by atoms with Gasteiger partial charge in [-0.2, -0.15) is 0 Å². The standard InChI is InChI=1S/C16H29NO2/c1-16(2)9-7-13(8-10-16)17-11-12-5-3-4-6-14(12)15(18)19/h12-14,17H,3-11H2,1-2H3,(H,18,19). The number of carboxylic acids is 1. The number of hydrogen-bond donors (Lipinski definition) is 2. The predicted octanol–water partition coefficient (Wildman–Crippen LogP) is 3.44. The van der Waals surface area contributed by atoms with Crippen LogP contribution < -0.4 is 5.32 Å². The summed E-state index contributed by atoms with van der Waals surface area (Å²) in [5.74, 6) is -0.348. The molecule has 0 radical (unpaired) electrons. The van der Waals surface area contributed by atoms with Gasteiger partial charge in [-0.15, -0.1) is 0 Å². The van der Waals surface area contributed by atoms with Crippen molar-refractivity contribution in [2.24, 2.45) is 17.3 Å². The average Bonchev–Trinajstić information content (AvgIpc) is 2.38. The molecule has 2 atom stereocenters. The maximum atomic E-state index is 11.3. The maximum Gasteiger partial charge on any atom is 0.306 e. The minimum atomic E-state index is -0.587. The van der Waals surface area contributed by atoms with Crippen LogP contribution in [0, 0.1) is 17.3 Å². The Hall–Kier alpha value is -0.570. The quantitative estimate of drug-likeness (QED) is 0.820. The molecule has 0 bridgehead atoms. The fraction of sp³-hybridized carbons (Fsp3) is 0.938. The average molecular weight is 267 g/mol. The molecule has 2 N–H and O–H groups in total. The lowest BCUT2D eigenvalue weighted by Crippen LogP contribution is -2.41. The third-order valence-electron chi connectivity index (χ3n) is 5.23. The lowest BCUT2D eigenvalue weighted by atomic mass is 9.75. The monoisotopic (exact) mass is 267 g/mol. The van der Waals surface area contributed by atoms with E-state index in [0.29, 0.717) is 17.4 Å². The Labute approximate surface area is 117 Å². The lowest BCUT2D eigenvalue weighted by Gasteiger charge is -2.36. The van der Waals surface area contributed by atoms with E-state index in [1.165, 1.54) is 32.1 Å². The summed E-state index contributed by atoms with van der Waals surface area (Å²) < 4.78 is 0. The van der Waals surface area contributed by atoms with Gasteiger partial charge in [-0.1, -0.05) is 26.7 Å². The summed E-state index contributed by atoms with van der Waals surface area (Å²) in [5.41, 5.74) is 0.507. The smallest absolute Gasteiger partial charge is 0.306 e. The van der Waals surface area contributed by atoms with Crippen LogP contribution in [0.15, 0.2) is 0 Å². The molecule has 0 aromatic rings. The Bertz CT molecular complexity index is 304. The van der Waals surface area contributed by atoms with E-state index in [1.54, 1.807) is 0 Å². The first-order valence-corrected chi connectivity index (χ1v) is 7.94. The third-order valence-corrected chi connectivity index (χ3v) is 5.23. The van der Waals surface area contributed by atoms with Gasteiger partial charge in [-0.05, 0) is 56.4 Å². The van der Waals surface area contributed by atoms with Gasteiger partial charge < -0.3 is 10.4 Å². The van der Waals surface area contributed by atoms with E-state index in [4.69, 9.17) is 0 Å². The number of aliphatic carboxylic acids is 1. The summed E-state index contributed by atoms with van der Waals surface area (Å²) in [7, 11) is 0. The van der Waals surface area contributed by atoms with Crippen molar-refractivity contribution in [1.82, 2.24) is 5.32 Å². The summed E-state index contributed by atoms with van der Waals surface area (Å²) in [5, 5.41) is 12.9. The second-order valence-electron chi connectivity index (χ2n) is 7.34. The van der Waals surface area contributed by atoms with Crippen molar-refractivity contribution in [3.8, 4) is 0 Å². The minimum absolute atomic E-state index is 0.110. The maximum absolute atomic E-state index is 11.3. The Morgan fingerprint density at radius 3 is 2.42 bits per heavy atom. The van der Waals surface area contributed by atoms with Gasteiger partial charge in [0.05, 0.1) is 5.92 Å². The number of carbonyl (C=O) groups is 1. The van der Waals surface area contributed by atoms with Gasteiger partial charge in [-0.3, -0.25) is 4.79 Å². The topological polar surface area (TPSA) is 49.3 Å². The molecule has 2 aliphatic rings. The van der Waals surface area contributed by atoms with Crippen molar-refractivity contribution in [1.29, 1.82) is 0 Å². The van der Waals surface area contributed by atoms with Gasteiger partial charge in [0.1, 0.15) is 0 Å². The van der Waals surface area contributed by atoms with Crippen LogP contribution in [-0.2, 0) is 4.79 Å². The zero-order valence-electron chi connectivity index (χ0n) is 12.5. The molecule has 0 amide bonds. The summed E-state index contributed by atoms with van der Waals surface area (Å²) >= 11 is 0. The number of carboxylic acid groups (broad SMARTS) is 1. The number of rotatable bonds is 4. The molecule has 0 aliphatic heterocycles. The van der Waals surface area contributed by atoms with Crippen molar-refractivity contribution < 1.29 is 9.90 Å². The van der Waals surface area contributed by atoms with Crippen LogP contribution in [0.1, 0.15) is 65.2 Å². The van der Waals surface area contributed by atoms with Crippen molar-refractivity contribution in [3.05, 3.63) is 0 Å². The molecule has 3 nitrogen and oxygen atoms in total. The molecule has 0 heterocycles. The molecule has 110 valence electrons. The molecule has 0 saturated heterocycles. The van der Waals surface area contributed by atoms with E-state index in [-0.39, 0.29) is 5.92 Å². The molecule has 0 aromatic carbocycles. The predicted molar refractivity (Wildman–Crippen MR) is 77.1 cm³/mol. The van der Waals surface area contributed by atoms with Gasteiger partial charge >= 0.3 is 5.97 Å². The first-order valence-electron chi connectivity index (χ1n) is 7.94. The van der Waals surface area contributed by atoms with Crippen molar-refractivity contribution >= 4 is 5.97 Å². The largest absolute Gasteiger partial charge is 0.481 e. The molecule has 2 unspecified atom stereocenters. The highest BCUT2D eigenvalue weighted by atomic mass is 16.4. The van der Waals surface area contributed by atoms with Gasteiger partial charge in [0.25, 0.3) is 0 Å². The zero-order chi connectivity index (χ0) is 13.9. The van der Waals surface area contributed by atoms with E-state index >= 15 is 0 Å². The Kier molecular flexibility index (Phi) is 4.88. The Morgan fingerprint density at radius 2 is 1.79 bits per heavy atom. The van der Waals surface area contributed by atoms with E-state index in [9.17, 15) is 9.90 Å². The summed E-state index contributed by atoms with van der Waals surface area (Å²) in [6.45, 7) is 5.61. The van der Waals surface area contributed by atoms with Gasteiger partial charge in [-0.25, -0.2) is 0 Å². The van der Waals surface area contributed by atoms with Crippen molar-refractivity contribution in [3.63, 3.8) is 0 Å². The van der Waals surface area contributed by atoms with Gasteiger partial charge in [0, 0.05) is 6.04 Å². The fourth-order valence-electron chi connectivity index (χ4n) is 3.70. The Balaban J connectivity index is 1.76. The summed E-state index contributed by atoms with van der Waals surface area (Å²) in [6, 6.07) is 0.615. The first kappa shape index (κ1) is 14.8. The van der Waals surface area contributed by atoms with E-state index in [2.05, 4.69) is 19.2 Å². The summed E-state index contributed by atoms with van der Waals surface area (Å²) in [6.07, 6.45) is 9.32. The third kappa shape index (κ3) is 4.20. The first-order chi connectivity index (χ1) is 8.98. The molecule has 2 aliphatic carbocycles. The molecule has 0 aromatic heterocycles. The van der Waals surface area contributed by atoms with Crippen LogP contribution in [0.2, 0.25) is 0 Å². The fourth-order valence-corrected chi connectivity index (χ4v) is 3.70. The minimum Gasteiger partial charge on any atom is -0.481 e. The molecular weight excluding hydrogens is 238 g/mol. The molecule has 19 heavy (non-hydrogen) atoms. The van der Waals surface area contributed by atoms with Crippen LogP contribution in [0.3, 0.4) is 0 Å². The van der Waals surface area contributed by atoms with Crippen LogP contribution in [0.5, 0.6) is 0 Å². The number of hydrogen-bond acceptors (Lipinski definition) is 2. The van der Waals surface area contributed by atoms with Gasteiger partial charge in [0.2, 0.25) is 0 Å². The normalized spacial score (nSPS) is 32.1. The second kappa shape index (κ2) is 6.25. The highest BCUT2D eigenvalue weighted by Gasteiger charge is 2.32. The molecule has 0 spiro atoms. The van der Waals surface area contributed by atoms with E-state index < -0.39 is 5.97 Å². The zero-order valence-corrected chi connectivity index (χ0v) is 12.5. The van der Waals surface area contributed by atoms with E-state index in [1.807, 2.05) is 0 Å². The second-order valence-corrected chi connectivity index (χ2v) is 7.34. The van der Waals surface area contributed by atoms with Crippen LogP contribution in [0.25, 0.3) is 0 Å². The van der Waals surface area contributed by atoms with Gasteiger partial charge in [0.15, 0.2) is 0 Å². The van der Waals surface area contributed by atoms with Crippen molar-refractivity contribution in [2.45, 2.75) is 71.3 Å². The lowest BCUT2D eigenvalue weighted by molar-refractivity contribution is -0.144. The SMILES string of the molecule is CC1(C)CCC(NCC2CCCCC2C(=O)O)CC1.